The number of carbonyl (C=O) groups is 4. The lowest BCUT2D eigenvalue weighted by Crippen LogP contribution is -2.52. The van der Waals surface area contributed by atoms with Crippen molar-refractivity contribution in [1.82, 2.24) is 10.2 Å². The summed E-state index contributed by atoms with van der Waals surface area (Å²) in [5, 5.41) is 7.50. The van der Waals surface area contributed by atoms with E-state index in [4.69, 9.17) is 10.5 Å². The van der Waals surface area contributed by atoms with Gasteiger partial charge >= 0.3 is 6.09 Å². The van der Waals surface area contributed by atoms with Gasteiger partial charge in [0.15, 0.2) is 0 Å². The van der Waals surface area contributed by atoms with Gasteiger partial charge in [0.1, 0.15) is 17.7 Å². The first-order chi connectivity index (χ1) is 19.4. The van der Waals surface area contributed by atoms with E-state index in [1.807, 2.05) is 55.5 Å². The summed E-state index contributed by atoms with van der Waals surface area (Å²) < 4.78 is 5.35. The van der Waals surface area contributed by atoms with Gasteiger partial charge in [0.05, 0.1) is 0 Å². The normalized spacial score (nSPS) is 12.6. The summed E-state index contributed by atoms with van der Waals surface area (Å²) in [6, 6.07) is 18.4. The molecule has 2 atom stereocenters. The SMILES string of the molecule is C=CCN(C(=O)C(CCC(N)=O)NC(=O)OC(C)(C)C)C(C(=O)Nc1ccc2ccccc2c1)c1ccccc1C. The average molecular weight is 559 g/mol. The number of nitrogens with one attached hydrogen (secondary N) is 2. The summed E-state index contributed by atoms with van der Waals surface area (Å²) in [4.78, 5) is 53.7. The zero-order chi connectivity index (χ0) is 30.2. The van der Waals surface area contributed by atoms with Crippen LogP contribution in [0.25, 0.3) is 10.8 Å². The fourth-order valence-corrected chi connectivity index (χ4v) is 4.48. The molecule has 0 heterocycles. The Kier molecular flexibility index (Phi) is 10.2. The number of nitrogens with two attached hydrogens (primary N) is 1. The van der Waals surface area contributed by atoms with Crippen LogP contribution in [-0.2, 0) is 19.1 Å². The molecule has 0 bridgehead atoms. The molecule has 0 radical (unpaired) electrons. The first kappa shape index (κ1) is 30.9. The highest BCUT2D eigenvalue weighted by atomic mass is 16.6. The molecule has 9 nitrogen and oxygen atoms in total. The van der Waals surface area contributed by atoms with Gasteiger partial charge in [0.25, 0.3) is 5.91 Å². The Labute approximate surface area is 240 Å². The van der Waals surface area contributed by atoms with Crippen molar-refractivity contribution in [1.29, 1.82) is 0 Å². The summed E-state index contributed by atoms with van der Waals surface area (Å²) in [7, 11) is 0. The van der Waals surface area contributed by atoms with Crippen molar-refractivity contribution < 1.29 is 23.9 Å². The van der Waals surface area contributed by atoms with Crippen LogP contribution in [0.4, 0.5) is 10.5 Å². The van der Waals surface area contributed by atoms with Gasteiger partial charge in [-0.05, 0) is 68.1 Å². The highest BCUT2D eigenvalue weighted by Gasteiger charge is 2.36. The quantitative estimate of drug-likeness (QED) is 0.285. The highest BCUT2D eigenvalue weighted by molar-refractivity contribution is 6.00. The lowest BCUT2D eigenvalue weighted by molar-refractivity contribution is -0.140. The van der Waals surface area contributed by atoms with Crippen molar-refractivity contribution in [2.75, 3.05) is 11.9 Å². The maximum absolute atomic E-state index is 14.1. The maximum atomic E-state index is 14.1. The first-order valence-electron chi connectivity index (χ1n) is 13.4. The fraction of sp³-hybridized carbons (Fsp3) is 0.312. The van der Waals surface area contributed by atoms with E-state index in [2.05, 4.69) is 17.2 Å². The van der Waals surface area contributed by atoms with Crippen molar-refractivity contribution in [3.05, 3.63) is 90.5 Å². The van der Waals surface area contributed by atoms with Crippen molar-refractivity contribution >= 4 is 40.3 Å². The Hall–Kier alpha value is -4.66. The molecule has 216 valence electrons. The molecule has 0 fully saturated rings. The molecule has 0 saturated carbocycles. The predicted molar refractivity (Wildman–Crippen MR) is 160 cm³/mol. The summed E-state index contributed by atoms with van der Waals surface area (Å²) in [5.74, 6) is -1.66. The lowest BCUT2D eigenvalue weighted by atomic mass is 9.97. The number of rotatable bonds is 11. The Morgan fingerprint density at radius 1 is 1.00 bits per heavy atom. The van der Waals surface area contributed by atoms with E-state index in [1.165, 1.54) is 11.0 Å². The van der Waals surface area contributed by atoms with Crippen LogP contribution >= 0.6 is 0 Å². The zero-order valence-corrected chi connectivity index (χ0v) is 24.0. The first-order valence-corrected chi connectivity index (χ1v) is 13.4. The number of amides is 4. The van der Waals surface area contributed by atoms with Gasteiger partial charge in [-0.3, -0.25) is 14.4 Å². The number of hydrogen-bond donors (Lipinski definition) is 3. The standard InChI is InChI=1S/C32H38N4O5/c1-6-19-36(30(39)26(17-18-27(33)37)35-31(40)41-32(3,4)5)28(25-14-10-7-11-21(25)2)29(38)34-24-16-15-22-12-8-9-13-23(22)20-24/h6-16,20,26,28H,1,17-19H2,2-5H3,(H2,33,37)(H,34,38)(H,35,40). The van der Waals surface area contributed by atoms with Crippen LogP contribution in [0, 0.1) is 6.92 Å². The molecule has 0 aliphatic heterocycles. The Morgan fingerprint density at radius 3 is 2.29 bits per heavy atom. The van der Waals surface area contributed by atoms with E-state index in [0.29, 0.717) is 11.3 Å². The molecule has 9 heteroatoms. The topological polar surface area (TPSA) is 131 Å². The van der Waals surface area contributed by atoms with Gasteiger partial charge in [-0.1, -0.05) is 60.7 Å². The van der Waals surface area contributed by atoms with Gasteiger partial charge in [-0.2, -0.15) is 0 Å². The number of fused-ring (bicyclic) bond motifs is 1. The molecule has 0 aliphatic rings. The van der Waals surface area contributed by atoms with Crippen LogP contribution in [0.15, 0.2) is 79.4 Å². The van der Waals surface area contributed by atoms with Crippen molar-refractivity contribution in [3.63, 3.8) is 0 Å². The lowest BCUT2D eigenvalue weighted by Gasteiger charge is -2.34. The second-order valence-electron chi connectivity index (χ2n) is 10.8. The smallest absolute Gasteiger partial charge is 0.408 e. The van der Waals surface area contributed by atoms with Gasteiger partial charge in [-0.15, -0.1) is 6.58 Å². The van der Waals surface area contributed by atoms with Gasteiger partial charge in [0, 0.05) is 18.7 Å². The minimum Gasteiger partial charge on any atom is -0.444 e. The van der Waals surface area contributed by atoms with Gasteiger partial charge in [0.2, 0.25) is 11.8 Å². The Balaban J connectivity index is 2.02. The fourth-order valence-electron chi connectivity index (χ4n) is 4.48. The molecule has 41 heavy (non-hydrogen) atoms. The average Bonchev–Trinajstić information content (AvgIpc) is 2.90. The van der Waals surface area contributed by atoms with Crippen LogP contribution in [0.2, 0.25) is 0 Å². The van der Waals surface area contributed by atoms with E-state index < -0.39 is 41.5 Å². The maximum Gasteiger partial charge on any atom is 0.408 e. The van der Waals surface area contributed by atoms with E-state index in [1.54, 1.807) is 39.0 Å². The number of primary amides is 1. The number of aryl methyl sites for hydroxylation is 1. The van der Waals surface area contributed by atoms with Crippen molar-refractivity contribution in [2.45, 2.75) is 58.2 Å². The number of hydrogen-bond acceptors (Lipinski definition) is 5. The van der Waals surface area contributed by atoms with E-state index in [0.717, 1.165) is 16.3 Å². The molecule has 4 N–H and O–H groups in total. The molecule has 4 amide bonds. The second-order valence-corrected chi connectivity index (χ2v) is 10.8. The zero-order valence-electron chi connectivity index (χ0n) is 24.0. The molecule has 0 spiro atoms. The molecule has 0 aliphatic carbocycles. The van der Waals surface area contributed by atoms with Gasteiger partial charge < -0.3 is 26.0 Å². The highest BCUT2D eigenvalue weighted by Crippen LogP contribution is 2.28. The molecular formula is C32H38N4O5. The Bertz CT molecular complexity index is 1430. The largest absolute Gasteiger partial charge is 0.444 e. The molecule has 0 aromatic heterocycles. The number of nitrogens with zero attached hydrogens (tertiary/aromatic N) is 1. The number of carbonyl (C=O) groups excluding carboxylic acids is 4. The molecule has 3 aromatic rings. The minimum absolute atomic E-state index is 0.00789. The van der Waals surface area contributed by atoms with Crippen molar-refractivity contribution in [3.8, 4) is 0 Å². The second kappa shape index (κ2) is 13.6. The van der Waals surface area contributed by atoms with Crippen LogP contribution in [0.3, 0.4) is 0 Å². The third-order valence-electron chi connectivity index (χ3n) is 6.34. The monoisotopic (exact) mass is 558 g/mol. The number of alkyl carbamates (subject to hydrolysis) is 1. The summed E-state index contributed by atoms with van der Waals surface area (Å²) in [6.07, 6.45) is 0.442. The molecule has 2 unspecified atom stereocenters. The predicted octanol–water partition coefficient (Wildman–Crippen LogP) is 5.00. The summed E-state index contributed by atoms with van der Waals surface area (Å²) in [6.45, 7) is 10.7. The number of ether oxygens (including phenoxy) is 1. The van der Waals surface area contributed by atoms with E-state index >= 15 is 0 Å². The molecular weight excluding hydrogens is 520 g/mol. The summed E-state index contributed by atoms with van der Waals surface area (Å²) in [5.41, 5.74) is 6.51. The molecule has 3 rings (SSSR count). The molecule has 3 aromatic carbocycles. The summed E-state index contributed by atoms with van der Waals surface area (Å²) >= 11 is 0. The number of anilines is 1. The third kappa shape index (κ3) is 8.66. The van der Waals surface area contributed by atoms with Crippen LogP contribution in [-0.4, -0.2) is 46.9 Å². The number of benzene rings is 3. The third-order valence-corrected chi connectivity index (χ3v) is 6.34. The Morgan fingerprint density at radius 2 is 1.66 bits per heavy atom. The van der Waals surface area contributed by atoms with E-state index in [9.17, 15) is 19.2 Å². The minimum atomic E-state index is -1.18. The van der Waals surface area contributed by atoms with Crippen LogP contribution < -0.4 is 16.4 Å². The van der Waals surface area contributed by atoms with Crippen LogP contribution in [0.1, 0.15) is 50.8 Å². The van der Waals surface area contributed by atoms with Crippen LogP contribution in [0.5, 0.6) is 0 Å². The van der Waals surface area contributed by atoms with E-state index in [-0.39, 0.29) is 19.4 Å². The van der Waals surface area contributed by atoms with Crippen molar-refractivity contribution in [2.24, 2.45) is 5.73 Å². The van der Waals surface area contributed by atoms with Gasteiger partial charge in [-0.25, -0.2) is 4.79 Å². The molecule has 0 saturated heterocycles.